The number of hydrogen-bond donors (Lipinski definition) is 0. The van der Waals surface area contributed by atoms with Crippen molar-refractivity contribution in [3.8, 4) is 0 Å². The van der Waals surface area contributed by atoms with Crippen LogP contribution in [0.5, 0.6) is 0 Å². The average Bonchev–Trinajstić information content (AvgIpc) is 3.48. The second kappa shape index (κ2) is 69.0. The van der Waals surface area contributed by atoms with Crippen LogP contribution >= 0.6 is 0 Å². The van der Waals surface area contributed by atoms with Crippen molar-refractivity contribution in [2.45, 2.75) is 316 Å². The third-order valence-corrected chi connectivity index (χ3v) is 14.4. The van der Waals surface area contributed by atoms with Gasteiger partial charge in [-0.25, -0.2) is 0 Å². The first-order valence-corrected chi connectivity index (χ1v) is 34.2. The number of unbranched alkanes of at least 4 members (excludes halogenated alkanes) is 28. The summed E-state index contributed by atoms with van der Waals surface area (Å²) < 4.78 is 16.9. The van der Waals surface area contributed by atoms with Crippen LogP contribution in [-0.2, 0) is 28.6 Å². The molecule has 0 N–H and O–H groups in total. The van der Waals surface area contributed by atoms with Crippen LogP contribution in [0, 0.1) is 0 Å². The minimum atomic E-state index is -0.798. The lowest BCUT2D eigenvalue weighted by Gasteiger charge is -2.18. The smallest absolute Gasteiger partial charge is 0.306 e. The molecule has 0 aliphatic carbocycles. The molecule has 466 valence electrons. The number of carbonyl (C=O) groups excluding carboxylic acids is 3. The van der Waals surface area contributed by atoms with Gasteiger partial charge in [0.2, 0.25) is 0 Å². The van der Waals surface area contributed by atoms with Gasteiger partial charge in [0.25, 0.3) is 0 Å². The van der Waals surface area contributed by atoms with Crippen molar-refractivity contribution in [3.05, 3.63) is 134 Å². The highest BCUT2D eigenvalue weighted by Crippen LogP contribution is 2.15. The monoisotopic (exact) mass is 1130 g/mol. The molecule has 0 amide bonds. The Bertz CT molecular complexity index is 1730. The van der Waals surface area contributed by atoms with Crippen LogP contribution in [0.25, 0.3) is 0 Å². The van der Waals surface area contributed by atoms with E-state index in [0.717, 1.165) is 141 Å². The van der Waals surface area contributed by atoms with Gasteiger partial charge in [0.1, 0.15) is 13.2 Å². The van der Waals surface area contributed by atoms with E-state index in [4.69, 9.17) is 14.2 Å². The summed E-state index contributed by atoms with van der Waals surface area (Å²) in [7, 11) is 0. The van der Waals surface area contributed by atoms with E-state index < -0.39 is 6.10 Å². The Morgan fingerprint density at radius 1 is 0.256 bits per heavy atom. The quantitative estimate of drug-likeness (QED) is 0.0261. The summed E-state index contributed by atoms with van der Waals surface area (Å²) in [5.41, 5.74) is 0. The van der Waals surface area contributed by atoms with Gasteiger partial charge in [-0.3, -0.25) is 14.4 Å². The summed E-state index contributed by atoms with van der Waals surface area (Å²) in [6, 6.07) is 0. The van der Waals surface area contributed by atoms with Crippen LogP contribution in [0.15, 0.2) is 134 Å². The Hall–Kier alpha value is -4.45. The Morgan fingerprint density at radius 3 is 0.780 bits per heavy atom. The Morgan fingerprint density at radius 2 is 0.476 bits per heavy atom. The molecule has 6 nitrogen and oxygen atoms in total. The topological polar surface area (TPSA) is 78.9 Å². The number of carbonyl (C=O) groups is 3. The minimum Gasteiger partial charge on any atom is -0.462 e. The first kappa shape index (κ1) is 77.5. The molecule has 0 aromatic heterocycles. The SMILES string of the molecule is CC/C=C\C/C=C\C/C=C\C/C=C\C/C=C\C/C=C\C/C=C\C/C=C\CCCCCCCCC(=O)OCC(COC(=O)CCCCCCC/C=C\CCCCCCCCC)OC(=O)CCCCCCCCC/C=C\C/C=C\CCCCC. The number of esters is 3. The number of rotatable bonds is 61. The highest BCUT2D eigenvalue weighted by atomic mass is 16.6. The molecular weight excluding hydrogens is 1010 g/mol. The molecule has 0 saturated heterocycles. The molecule has 0 aromatic rings. The number of allylic oxidation sites excluding steroid dienone is 22. The fourth-order valence-corrected chi connectivity index (χ4v) is 9.25. The Labute approximate surface area is 506 Å². The molecule has 0 aromatic carbocycles. The maximum Gasteiger partial charge on any atom is 0.306 e. The summed E-state index contributed by atoms with van der Waals surface area (Å²) in [4.78, 5) is 38.4. The summed E-state index contributed by atoms with van der Waals surface area (Å²) >= 11 is 0. The minimum absolute atomic E-state index is 0.0923. The van der Waals surface area contributed by atoms with Crippen LogP contribution < -0.4 is 0 Å². The Balaban J connectivity index is 4.38. The molecule has 0 aliphatic heterocycles. The van der Waals surface area contributed by atoms with Gasteiger partial charge >= 0.3 is 17.9 Å². The van der Waals surface area contributed by atoms with Crippen LogP contribution in [0.1, 0.15) is 310 Å². The van der Waals surface area contributed by atoms with Crippen molar-refractivity contribution in [2.24, 2.45) is 0 Å². The number of ether oxygens (including phenoxy) is 3. The summed E-state index contributed by atoms with van der Waals surface area (Å²) in [6.45, 7) is 6.49. The molecule has 1 atom stereocenters. The lowest BCUT2D eigenvalue weighted by Crippen LogP contribution is -2.30. The molecule has 0 heterocycles. The zero-order chi connectivity index (χ0) is 59.2. The molecule has 0 bridgehead atoms. The van der Waals surface area contributed by atoms with Gasteiger partial charge in [-0.1, -0.05) is 283 Å². The molecule has 0 radical (unpaired) electrons. The standard InChI is InChI=1S/C76H126O6/c1-4-7-10-13-16-19-22-25-28-31-32-33-34-35-36-37-38-39-40-41-42-43-44-46-48-51-54-57-60-63-66-69-75(78)81-72-73(71-80-74(77)68-65-62-59-56-53-50-47-30-27-24-21-18-15-12-9-6-3)82-76(79)70-67-64-61-58-55-52-49-45-29-26-23-20-17-14-11-8-5-2/h7,10,16-17,19-20,25-26,28-30,32-33,35-36,38-39,41-42,44,46-47,73H,4-6,8-9,11-15,18,21-24,27,31,34,37,40,43,45,48-72H2,1-3H3/b10-7-,19-16-,20-17-,28-25-,29-26-,33-32-,36-35-,39-38-,42-41-,46-44-,47-30-. The van der Waals surface area contributed by atoms with Crippen LogP contribution in [0.3, 0.4) is 0 Å². The van der Waals surface area contributed by atoms with E-state index in [9.17, 15) is 14.4 Å². The van der Waals surface area contributed by atoms with Crippen LogP contribution in [0.4, 0.5) is 0 Å². The molecule has 0 spiro atoms. The van der Waals surface area contributed by atoms with E-state index in [0.29, 0.717) is 19.3 Å². The van der Waals surface area contributed by atoms with Crippen molar-refractivity contribution in [1.29, 1.82) is 0 Å². The van der Waals surface area contributed by atoms with E-state index in [1.807, 2.05) is 0 Å². The third kappa shape index (κ3) is 66.4. The molecule has 0 aliphatic rings. The van der Waals surface area contributed by atoms with Crippen molar-refractivity contribution < 1.29 is 28.6 Å². The van der Waals surface area contributed by atoms with Crippen LogP contribution in [-0.4, -0.2) is 37.2 Å². The van der Waals surface area contributed by atoms with E-state index in [-0.39, 0.29) is 31.1 Å². The van der Waals surface area contributed by atoms with E-state index in [2.05, 4.69) is 154 Å². The normalized spacial score (nSPS) is 13.0. The zero-order valence-electron chi connectivity index (χ0n) is 53.5. The predicted octanol–water partition coefficient (Wildman–Crippen LogP) is 23.7. The van der Waals surface area contributed by atoms with Crippen LogP contribution in [0.2, 0.25) is 0 Å². The highest BCUT2D eigenvalue weighted by molar-refractivity contribution is 5.71. The lowest BCUT2D eigenvalue weighted by atomic mass is 10.1. The molecule has 1 unspecified atom stereocenters. The van der Waals surface area contributed by atoms with E-state index in [1.165, 1.54) is 128 Å². The van der Waals surface area contributed by atoms with Gasteiger partial charge in [0, 0.05) is 19.3 Å². The van der Waals surface area contributed by atoms with E-state index in [1.54, 1.807) is 0 Å². The highest BCUT2D eigenvalue weighted by Gasteiger charge is 2.19. The van der Waals surface area contributed by atoms with Gasteiger partial charge in [-0.15, -0.1) is 0 Å². The maximum absolute atomic E-state index is 12.9. The first-order valence-electron chi connectivity index (χ1n) is 34.2. The second-order valence-corrected chi connectivity index (χ2v) is 22.3. The van der Waals surface area contributed by atoms with Gasteiger partial charge in [0.05, 0.1) is 0 Å². The Kier molecular flexibility index (Phi) is 65.3. The van der Waals surface area contributed by atoms with Gasteiger partial charge in [-0.2, -0.15) is 0 Å². The number of hydrogen-bond acceptors (Lipinski definition) is 6. The largest absolute Gasteiger partial charge is 0.462 e. The average molecular weight is 1140 g/mol. The second-order valence-electron chi connectivity index (χ2n) is 22.3. The molecule has 0 rings (SSSR count). The molecule has 82 heavy (non-hydrogen) atoms. The molecule has 6 heteroatoms. The fourth-order valence-electron chi connectivity index (χ4n) is 9.25. The van der Waals surface area contributed by atoms with Crippen molar-refractivity contribution >= 4 is 17.9 Å². The molecule has 0 saturated carbocycles. The van der Waals surface area contributed by atoms with Crippen molar-refractivity contribution in [2.75, 3.05) is 13.2 Å². The maximum atomic E-state index is 12.9. The fraction of sp³-hybridized carbons (Fsp3) is 0.671. The van der Waals surface area contributed by atoms with Gasteiger partial charge in [0.15, 0.2) is 6.10 Å². The van der Waals surface area contributed by atoms with Crippen molar-refractivity contribution in [3.63, 3.8) is 0 Å². The summed E-state index contributed by atoms with van der Waals surface area (Å²) in [6.07, 6.45) is 97.4. The van der Waals surface area contributed by atoms with Gasteiger partial charge < -0.3 is 14.2 Å². The zero-order valence-corrected chi connectivity index (χ0v) is 53.5. The van der Waals surface area contributed by atoms with Gasteiger partial charge in [-0.05, 0) is 141 Å². The molecular formula is C76H126O6. The first-order chi connectivity index (χ1) is 40.5. The van der Waals surface area contributed by atoms with Crippen molar-refractivity contribution in [1.82, 2.24) is 0 Å². The van der Waals surface area contributed by atoms with E-state index >= 15 is 0 Å². The summed E-state index contributed by atoms with van der Waals surface area (Å²) in [5, 5.41) is 0. The third-order valence-electron chi connectivity index (χ3n) is 14.4. The lowest BCUT2D eigenvalue weighted by molar-refractivity contribution is -0.167. The predicted molar refractivity (Wildman–Crippen MR) is 357 cm³/mol. The molecule has 0 fully saturated rings. The summed E-state index contributed by atoms with van der Waals surface area (Å²) in [5.74, 6) is -0.917.